The summed E-state index contributed by atoms with van der Waals surface area (Å²) in [6.07, 6.45) is -7.43. The largest absolute Gasteiger partial charge is 0.387 e. The average molecular weight is 366 g/mol. The lowest BCUT2D eigenvalue weighted by Gasteiger charge is -2.25. The molecule has 5 atom stereocenters. The van der Waals surface area contributed by atoms with E-state index in [4.69, 9.17) is 4.74 Å². The molecule has 0 saturated carbocycles. The molecule has 0 spiro atoms. The number of rotatable bonds is 4. The molecule has 2 heterocycles. The number of ketones is 1. The van der Waals surface area contributed by atoms with Crippen molar-refractivity contribution in [2.45, 2.75) is 30.4 Å². The van der Waals surface area contributed by atoms with Gasteiger partial charge in [0.25, 0.3) is 5.56 Å². The number of aliphatic hydroxyl groups excluding tert-OH is 3. The van der Waals surface area contributed by atoms with Crippen LogP contribution in [0.25, 0.3) is 0 Å². The maximum Gasteiger partial charge on any atom is 0.332 e. The Bertz CT molecular complexity index is 928. The van der Waals surface area contributed by atoms with Crippen LogP contribution in [-0.4, -0.2) is 55.1 Å². The quantitative estimate of drug-likeness (QED) is 0.482. The van der Waals surface area contributed by atoms with Crippen molar-refractivity contribution in [3.05, 3.63) is 69.0 Å². The van der Waals surface area contributed by atoms with Crippen molar-refractivity contribution in [2.75, 3.05) is 0 Å². The van der Waals surface area contributed by atoms with Gasteiger partial charge >= 0.3 is 11.7 Å². The fourth-order valence-electron chi connectivity index (χ4n) is 2.75. The van der Waals surface area contributed by atoms with E-state index in [0.29, 0.717) is 0 Å². The molecule has 3 rings (SSSR count). The Labute approximate surface area is 144 Å². The summed E-state index contributed by atoms with van der Waals surface area (Å²) >= 11 is 0. The summed E-state index contributed by atoms with van der Waals surface area (Å²) in [5, 5.41) is 30.3. The molecule has 4 N–H and O–H groups in total. The summed E-state index contributed by atoms with van der Waals surface area (Å²) in [5.74, 6) is -4.15. The standard InChI is InChI=1S/C16H15FN2O7/c17-16(19-7-6-9(20)18-15(19)25)14(24)12(23)13(26-16)11(22)10(21)8-4-2-1-3-5-8/h1-7,11-14,22-24H,(H,18,20,25)/t11?,12-,13-,14-,16+/m1/s1. The Morgan fingerprint density at radius 1 is 1.23 bits per heavy atom. The normalized spacial score (nSPS) is 29.5. The number of Topliss-reactive ketones (excluding diaryl/α,β-unsaturated/α-hetero) is 1. The van der Waals surface area contributed by atoms with Crippen LogP contribution in [0.15, 0.2) is 52.2 Å². The van der Waals surface area contributed by atoms with Crippen LogP contribution in [0, 0.1) is 0 Å². The molecular formula is C16H15FN2O7. The minimum Gasteiger partial charge on any atom is -0.387 e. The molecule has 1 fully saturated rings. The number of aliphatic hydroxyl groups is 3. The summed E-state index contributed by atoms with van der Waals surface area (Å²) in [4.78, 5) is 36.9. The molecule has 1 aliphatic heterocycles. The van der Waals surface area contributed by atoms with Crippen molar-refractivity contribution in [2.24, 2.45) is 0 Å². The van der Waals surface area contributed by atoms with Crippen molar-refractivity contribution in [1.82, 2.24) is 9.55 Å². The zero-order valence-corrected chi connectivity index (χ0v) is 13.2. The molecule has 10 heteroatoms. The number of H-pyrrole nitrogens is 1. The molecule has 0 aliphatic carbocycles. The molecule has 1 aromatic heterocycles. The van der Waals surface area contributed by atoms with E-state index in [0.717, 1.165) is 12.3 Å². The lowest BCUT2D eigenvalue weighted by atomic mass is 9.98. The van der Waals surface area contributed by atoms with Crippen molar-refractivity contribution in [1.29, 1.82) is 0 Å². The van der Waals surface area contributed by atoms with Gasteiger partial charge in [-0.2, -0.15) is 4.39 Å². The van der Waals surface area contributed by atoms with Gasteiger partial charge in [-0.15, -0.1) is 0 Å². The zero-order chi connectivity index (χ0) is 19.1. The first kappa shape index (κ1) is 18.1. The number of ether oxygens (including phenoxy) is 1. The summed E-state index contributed by atoms with van der Waals surface area (Å²) in [6.45, 7) is 0. The minimum atomic E-state index is -3.29. The van der Waals surface area contributed by atoms with Crippen molar-refractivity contribution in [3.63, 3.8) is 0 Å². The van der Waals surface area contributed by atoms with Crippen molar-refractivity contribution < 1.29 is 29.2 Å². The number of aromatic amines is 1. The fourth-order valence-corrected chi connectivity index (χ4v) is 2.75. The molecule has 1 unspecified atom stereocenters. The fraction of sp³-hybridized carbons (Fsp3) is 0.312. The van der Waals surface area contributed by atoms with Gasteiger partial charge in [0.15, 0.2) is 11.9 Å². The number of carbonyl (C=O) groups is 1. The first-order valence-electron chi connectivity index (χ1n) is 7.58. The predicted molar refractivity (Wildman–Crippen MR) is 84.1 cm³/mol. The van der Waals surface area contributed by atoms with Crippen LogP contribution in [0.2, 0.25) is 0 Å². The van der Waals surface area contributed by atoms with Gasteiger partial charge in [-0.05, 0) is 0 Å². The van der Waals surface area contributed by atoms with Gasteiger partial charge in [0, 0.05) is 17.8 Å². The van der Waals surface area contributed by atoms with E-state index in [1.807, 2.05) is 0 Å². The van der Waals surface area contributed by atoms with Crippen LogP contribution in [0.3, 0.4) is 0 Å². The number of benzene rings is 1. The number of nitrogens with zero attached hydrogens (tertiary/aromatic N) is 1. The topological polar surface area (TPSA) is 142 Å². The van der Waals surface area contributed by atoms with Crippen LogP contribution in [0.1, 0.15) is 10.4 Å². The maximum atomic E-state index is 15.1. The first-order valence-corrected chi connectivity index (χ1v) is 7.58. The van der Waals surface area contributed by atoms with E-state index in [1.165, 1.54) is 12.1 Å². The number of hydrogen-bond donors (Lipinski definition) is 4. The second kappa shape index (κ2) is 6.57. The highest BCUT2D eigenvalue weighted by Gasteiger charge is 2.60. The van der Waals surface area contributed by atoms with E-state index in [2.05, 4.69) is 0 Å². The average Bonchev–Trinajstić information content (AvgIpc) is 2.86. The molecule has 138 valence electrons. The monoisotopic (exact) mass is 366 g/mol. The van der Waals surface area contributed by atoms with Crippen LogP contribution in [0.5, 0.6) is 0 Å². The number of aromatic nitrogens is 2. The summed E-state index contributed by atoms with van der Waals surface area (Å²) in [6, 6.07) is 8.34. The van der Waals surface area contributed by atoms with Gasteiger partial charge in [-0.1, -0.05) is 30.3 Å². The summed E-state index contributed by atoms with van der Waals surface area (Å²) in [5.41, 5.74) is -1.96. The van der Waals surface area contributed by atoms with Crippen molar-refractivity contribution in [3.8, 4) is 0 Å². The van der Waals surface area contributed by atoms with Gasteiger partial charge in [0.05, 0.1) is 0 Å². The molecule has 0 amide bonds. The Morgan fingerprint density at radius 2 is 1.88 bits per heavy atom. The van der Waals surface area contributed by atoms with Gasteiger partial charge in [0.1, 0.15) is 18.3 Å². The summed E-state index contributed by atoms with van der Waals surface area (Å²) in [7, 11) is 0. The lowest BCUT2D eigenvalue weighted by molar-refractivity contribution is -0.243. The maximum absolute atomic E-state index is 15.1. The molecule has 1 saturated heterocycles. The smallest absolute Gasteiger partial charge is 0.332 e. The third kappa shape index (κ3) is 2.88. The van der Waals surface area contributed by atoms with E-state index < -0.39 is 47.4 Å². The molecule has 9 nitrogen and oxygen atoms in total. The molecule has 1 aliphatic rings. The van der Waals surface area contributed by atoms with E-state index in [1.54, 1.807) is 23.2 Å². The minimum absolute atomic E-state index is 0.0860. The van der Waals surface area contributed by atoms with Crippen LogP contribution < -0.4 is 11.2 Å². The van der Waals surface area contributed by atoms with Gasteiger partial charge in [-0.3, -0.25) is 14.6 Å². The summed E-state index contributed by atoms with van der Waals surface area (Å²) < 4.78 is 20.3. The lowest BCUT2D eigenvalue weighted by Crippen LogP contribution is -2.48. The molecule has 0 bridgehead atoms. The number of halogens is 1. The Morgan fingerprint density at radius 3 is 2.50 bits per heavy atom. The highest BCUT2D eigenvalue weighted by molar-refractivity contribution is 5.99. The Hall–Kier alpha value is -2.66. The molecular weight excluding hydrogens is 351 g/mol. The Balaban J connectivity index is 1.93. The van der Waals surface area contributed by atoms with Gasteiger partial charge in [-0.25, -0.2) is 9.36 Å². The number of hydrogen-bond acceptors (Lipinski definition) is 7. The van der Waals surface area contributed by atoms with E-state index in [9.17, 15) is 29.7 Å². The molecule has 2 aromatic rings. The Kier molecular flexibility index (Phi) is 4.59. The predicted octanol–water partition coefficient (Wildman–Crippen LogP) is -1.52. The van der Waals surface area contributed by atoms with Gasteiger partial charge in [0.2, 0.25) is 0 Å². The van der Waals surface area contributed by atoms with Crippen LogP contribution >= 0.6 is 0 Å². The molecule has 1 aromatic carbocycles. The van der Waals surface area contributed by atoms with E-state index in [-0.39, 0.29) is 10.1 Å². The second-order valence-electron chi connectivity index (χ2n) is 5.78. The first-order chi connectivity index (χ1) is 12.3. The second-order valence-corrected chi connectivity index (χ2v) is 5.78. The highest BCUT2D eigenvalue weighted by atomic mass is 19.2. The third-order valence-electron chi connectivity index (χ3n) is 4.12. The SMILES string of the molecule is O=C(c1ccccc1)C(O)[C@H]1O[C@@](F)(n2ccc(=O)[nH]c2=O)[C@H](O)[C@@H]1O. The molecule has 26 heavy (non-hydrogen) atoms. The van der Waals surface area contributed by atoms with Crippen LogP contribution in [-0.2, 0) is 10.7 Å². The zero-order valence-electron chi connectivity index (χ0n) is 13.2. The van der Waals surface area contributed by atoms with E-state index >= 15 is 4.39 Å². The van der Waals surface area contributed by atoms with Crippen molar-refractivity contribution >= 4 is 5.78 Å². The highest BCUT2D eigenvalue weighted by Crippen LogP contribution is 2.37. The molecule has 0 radical (unpaired) electrons. The number of carbonyl (C=O) groups excluding carboxylic acids is 1. The number of nitrogens with one attached hydrogen (secondary N) is 1. The van der Waals surface area contributed by atoms with Gasteiger partial charge < -0.3 is 20.1 Å². The van der Waals surface area contributed by atoms with Crippen LogP contribution in [0.4, 0.5) is 4.39 Å². The third-order valence-corrected chi connectivity index (χ3v) is 4.12. The number of alkyl halides is 1.